The fourth-order valence-electron chi connectivity index (χ4n) is 2.72. The summed E-state index contributed by atoms with van der Waals surface area (Å²) in [5.41, 5.74) is 3.42. The van der Waals surface area contributed by atoms with Crippen molar-refractivity contribution >= 4 is 0 Å². The summed E-state index contributed by atoms with van der Waals surface area (Å²) in [7, 11) is 2.00. The van der Waals surface area contributed by atoms with Crippen LogP contribution in [0.1, 0.15) is 50.0 Å². The second-order valence-corrected chi connectivity index (χ2v) is 5.63. The van der Waals surface area contributed by atoms with Crippen molar-refractivity contribution in [2.24, 2.45) is 0 Å². The summed E-state index contributed by atoms with van der Waals surface area (Å²) >= 11 is 0. The molecule has 0 aromatic carbocycles. The van der Waals surface area contributed by atoms with Crippen LogP contribution in [0.2, 0.25) is 0 Å². The number of rotatable bonds is 3. The molecule has 0 spiro atoms. The number of hydrogen-bond donors (Lipinski definition) is 1. The Hall–Kier alpha value is -1.75. The van der Waals surface area contributed by atoms with Crippen molar-refractivity contribution in [1.29, 1.82) is 0 Å². The Labute approximate surface area is 119 Å². The minimum absolute atomic E-state index is 0.357. The van der Waals surface area contributed by atoms with Gasteiger partial charge in [-0.1, -0.05) is 0 Å². The largest absolute Gasteiger partial charge is 0.313 e. The fraction of sp³-hybridized carbons (Fsp3) is 0.533. The molecule has 5 nitrogen and oxygen atoms in total. The maximum atomic E-state index is 4.75. The minimum Gasteiger partial charge on any atom is -0.313 e. The number of aryl methyl sites for hydroxylation is 1. The van der Waals surface area contributed by atoms with Crippen LogP contribution >= 0.6 is 0 Å². The first-order valence-corrected chi connectivity index (χ1v) is 7.26. The summed E-state index contributed by atoms with van der Waals surface area (Å²) in [6, 6.07) is 0.751. The van der Waals surface area contributed by atoms with Crippen LogP contribution in [0.4, 0.5) is 0 Å². The molecule has 3 rings (SSSR count). The van der Waals surface area contributed by atoms with E-state index in [9.17, 15) is 0 Å². The van der Waals surface area contributed by atoms with Gasteiger partial charge in [-0.3, -0.25) is 4.68 Å². The molecule has 20 heavy (non-hydrogen) atoms. The number of aromatic nitrogens is 4. The van der Waals surface area contributed by atoms with Crippen molar-refractivity contribution in [3.63, 3.8) is 0 Å². The van der Waals surface area contributed by atoms with Gasteiger partial charge in [0, 0.05) is 35.7 Å². The maximum absolute atomic E-state index is 4.75. The lowest BCUT2D eigenvalue weighted by Crippen LogP contribution is -2.22. The van der Waals surface area contributed by atoms with Gasteiger partial charge >= 0.3 is 0 Å². The van der Waals surface area contributed by atoms with Crippen LogP contribution in [0.3, 0.4) is 0 Å². The van der Waals surface area contributed by atoms with Crippen molar-refractivity contribution in [2.45, 2.75) is 45.2 Å². The molecule has 5 heteroatoms. The lowest BCUT2D eigenvalue weighted by Gasteiger charge is -2.23. The van der Waals surface area contributed by atoms with Crippen molar-refractivity contribution in [3.05, 3.63) is 29.8 Å². The molecule has 0 saturated heterocycles. The van der Waals surface area contributed by atoms with Gasteiger partial charge < -0.3 is 5.32 Å². The van der Waals surface area contributed by atoms with Crippen LogP contribution in [0.25, 0.3) is 11.4 Å². The van der Waals surface area contributed by atoms with Crippen LogP contribution in [0, 0.1) is 0 Å². The molecule has 106 valence electrons. The highest BCUT2D eigenvalue weighted by atomic mass is 15.3. The summed E-state index contributed by atoms with van der Waals surface area (Å²) in [4.78, 5) is 9.28. The second-order valence-electron chi connectivity index (χ2n) is 5.63. The highest BCUT2D eigenvalue weighted by Crippen LogP contribution is 2.29. The molecule has 0 fully saturated rings. The molecular formula is C15H21N5. The minimum atomic E-state index is 0.357. The first kappa shape index (κ1) is 13.2. The van der Waals surface area contributed by atoms with E-state index in [1.54, 1.807) is 0 Å². The van der Waals surface area contributed by atoms with E-state index < -0.39 is 0 Å². The van der Waals surface area contributed by atoms with E-state index >= 15 is 0 Å². The van der Waals surface area contributed by atoms with Crippen LogP contribution in [-0.2, 0) is 6.42 Å². The molecular weight excluding hydrogens is 250 g/mol. The molecule has 0 bridgehead atoms. The first-order chi connectivity index (χ1) is 9.69. The predicted octanol–water partition coefficient (Wildman–Crippen LogP) is 2.52. The highest BCUT2D eigenvalue weighted by Gasteiger charge is 2.21. The Kier molecular flexibility index (Phi) is 3.53. The van der Waals surface area contributed by atoms with Crippen LogP contribution in [0.15, 0.2) is 18.6 Å². The Bertz CT molecular complexity index is 602. The van der Waals surface area contributed by atoms with Crippen molar-refractivity contribution in [3.8, 4) is 11.4 Å². The molecule has 1 aliphatic rings. The lowest BCUT2D eigenvalue weighted by atomic mass is 9.92. The van der Waals surface area contributed by atoms with Gasteiger partial charge in [0.15, 0.2) is 5.82 Å². The molecule has 0 saturated carbocycles. The molecule has 1 atom stereocenters. The molecule has 0 amide bonds. The van der Waals surface area contributed by atoms with Gasteiger partial charge in [-0.25, -0.2) is 9.97 Å². The van der Waals surface area contributed by atoms with Gasteiger partial charge in [0.2, 0.25) is 0 Å². The molecule has 1 unspecified atom stereocenters. The van der Waals surface area contributed by atoms with Gasteiger partial charge in [-0.2, -0.15) is 5.10 Å². The standard InChI is InChI=1S/C15H21N5/c1-10(2)20-9-11(7-18-20)15-17-8-12-13(16-3)5-4-6-14(12)19-15/h7-10,13,16H,4-6H2,1-3H3. The fourth-order valence-corrected chi connectivity index (χ4v) is 2.72. The van der Waals surface area contributed by atoms with Gasteiger partial charge in [0.05, 0.1) is 11.8 Å². The predicted molar refractivity (Wildman–Crippen MR) is 78.4 cm³/mol. The zero-order chi connectivity index (χ0) is 14.1. The molecule has 1 aliphatic carbocycles. The van der Waals surface area contributed by atoms with E-state index in [1.807, 2.05) is 30.3 Å². The van der Waals surface area contributed by atoms with Crippen molar-refractivity contribution in [1.82, 2.24) is 25.1 Å². The first-order valence-electron chi connectivity index (χ1n) is 7.26. The van der Waals surface area contributed by atoms with Gasteiger partial charge in [0.1, 0.15) is 0 Å². The van der Waals surface area contributed by atoms with E-state index in [2.05, 4.69) is 29.2 Å². The summed E-state index contributed by atoms with van der Waals surface area (Å²) < 4.78 is 1.94. The maximum Gasteiger partial charge on any atom is 0.162 e. The van der Waals surface area contributed by atoms with Gasteiger partial charge in [-0.15, -0.1) is 0 Å². The third-order valence-electron chi connectivity index (χ3n) is 3.92. The number of nitrogens with one attached hydrogen (secondary N) is 1. The molecule has 0 aliphatic heterocycles. The molecule has 1 N–H and O–H groups in total. The Morgan fingerprint density at radius 1 is 1.35 bits per heavy atom. The second kappa shape index (κ2) is 5.32. The van der Waals surface area contributed by atoms with Gasteiger partial charge in [0.25, 0.3) is 0 Å². The number of hydrogen-bond acceptors (Lipinski definition) is 4. The molecule has 0 radical (unpaired) electrons. The monoisotopic (exact) mass is 271 g/mol. The topological polar surface area (TPSA) is 55.6 Å². The van der Waals surface area contributed by atoms with E-state index in [0.29, 0.717) is 12.1 Å². The average Bonchev–Trinajstić information content (AvgIpc) is 2.96. The highest BCUT2D eigenvalue weighted by molar-refractivity contribution is 5.52. The van der Waals surface area contributed by atoms with E-state index in [0.717, 1.165) is 24.2 Å². The lowest BCUT2D eigenvalue weighted by molar-refractivity contribution is 0.488. The van der Waals surface area contributed by atoms with Gasteiger partial charge in [-0.05, 0) is 40.2 Å². The van der Waals surface area contributed by atoms with Crippen molar-refractivity contribution in [2.75, 3.05) is 7.05 Å². The Balaban J connectivity index is 1.95. The van der Waals surface area contributed by atoms with Crippen LogP contribution in [-0.4, -0.2) is 26.8 Å². The van der Waals surface area contributed by atoms with E-state index in [1.165, 1.54) is 17.7 Å². The molecule has 2 aromatic heterocycles. The average molecular weight is 271 g/mol. The summed E-state index contributed by atoms with van der Waals surface area (Å²) in [6.45, 7) is 4.23. The normalized spacial score (nSPS) is 18.3. The third-order valence-corrected chi connectivity index (χ3v) is 3.92. The smallest absolute Gasteiger partial charge is 0.162 e. The van der Waals surface area contributed by atoms with Crippen LogP contribution < -0.4 is 5.32 Å². The van der Waals surface area contributed by atoms with Crippen LogP contribution in [0.5, 0.6) is 0 Å². The zero-order valence-electron chi connectivity index (χ0n) is 12.3. The number of fused-ring (bicyclic) bond motifs is 1. The van der Waals surface area contributed by atoms with Crippen molar-refractivity contribution < 1.29 is 0 Å². The Morgan fingerprint density at radius 2 is 2.20 bits per heavy atom. The summed E-state index contributed by atoms with van der Waals surface area (Å²) in [5.74, 6) is 0.785. The number of nitrogens with zero attached hydrogens (tertiary/aromatic N) is 4. The SMILES string of the molecule is CNC1CCCc2nc(-c3cnn(C(C)C)c3)ncc21. The third kappa shape index (κ3) is 2.33. The van der Waals surface area contributed by atoms with E-state index in [-0.39, 0.29) is 0 Å². The van der Waals surface area contributed by atoms with E-state index in [4.69, 9.17) is 4.98 Å². The zero-order valence-corrected chi connectivity index (χ0v) is 12.3. The summed E-state index contributed by atoms with van der Waals surface area (Å²) in [6.07, 6.45) is 9.23. The molecule has 2 aromatic rings. The quantitative estimate of drug-likeness (QED) is 0.932. The summed E-state index contributed by atoms with van der Waals surface area (Å²) in [5, 5.41) is 7.70. The Morgan fingerprint density at radius 3 is 2.90 bits per heavy atom. The molecule has 2 heterocycles.